The zero-order valence-corrected chi connectivity index (χ0v) is 8.91. The highest BCUT2D eigenvalue weighted by molar-refractivity contribution is 14.1. The van der Waals surface area contributed by atoms with Crippen molar-refractivity contribution in [1.29, 1.82) is 0 Å². The van der Waals surface area contributed by atoms with Gasteiger partial charge in [-0.1, -0.05) is 22.6 Å². The molecule has 0 aromatic carbocycles. The van der Waals surface area contributed by atoms with Crippen LogP contribution in [0.25, 0.3) is 0 Å². The quantitative estimate of drug-likeness (QED) is 0.476. The standard InChI is InChI=1S/C6H12INO3/c1-4(10-2)5(7)8-6(9)11-3/h4-5H,1-3H3,(H,8,9)/t4-,5-/m0/s1. The smallest absolute Gasteiger partial charge is 0.407 e. The number of alkyl carbamates (subject to hydrolysis) is 1. The largest absolute Gasteiger partial charge is 0.453 e. The third-order valence-corrected chi connectivity index (χ3v) is 2.55. The van der Waals surface area contributed by atoms with Crippen molar-refractivity contribution in [1.82, 2.24) is 5.32 Å². The summed E-state index contributed by atoms with van der Waals surface area (Å²) < 4.78 is 9.32. The molecule has 0 aliphatic heterocycles. The number of hydrogen-bond acceptors (Lipinski definition) is 3. The van der Waals surface area contributed by atoms with Gasteiger partial charge in [0.2, 0.25) is 0 Å². The number of methoxy groups -OCH3 is 2. The Bertz CT molecular complexity index is 131. The number of halogens is 1. The van der Waals surface area contributed by atoms with Crippen molar-refractivity contribution in [3.8, 4) is 0 Å². The second-order valence-corrected chi connectivity index (χ2v) is 3.32. The van der Waals surface area contributed by atoms with E-state index in [0.717, 1.165) is 0 Å². The Morgan fingerprint density at radius 2 is 2.09 bits per heavy atom. The van der Waals surface area contributed by atoms with Crippen LogP contribution in [0.3, 0.4) is 0 Å². The summed E-state index contributed by atoms with van der Waals surface area (Å²) in [5, 5.41) is 2.58. The summed E-state index contributed by atoms with van der Waals surface area (Å²) in [4.78, 5) is 10.6. The fraction of sp³-hybridized carbons (Fsp3) is 0.833. The summed E-state index contributed by atoms with van der Waals surface area (Å²) in [7, 11) is 2.92. The van der Waals surface area contributed by atoms with Crippen LogP contribution in [0, 0.1) is 0 Å². The predicted molar refractivity (Wildman–Crippen MR) is 49.8 cm³/mol. The summed E-state index contributed by atoms with van der Waals surface area (Å²) in [6, 6.07) is 0. The number of hydrogen-bond donors (Lipinski definition) is 1. The van der Waals surface area contributed by atoms with Gasteiger partial charge in [0.15, 0.2) is 0 Å². The minimum absolute atomic E-state index is 0.0188. The number of alkyl halides is 1. The second-order valence-electron chi connectivity index (χ2n) is 1.98. The minimum atomic E-state index is -0.437. The molecule has 0 aliphatic rings. The highest BCUT2D eigenvalue weighted by Gasteiger charge is 2.14. The normalized spacial score (nSPS) is 15.3. The van der Waals surface area contributed by atoms with E-state index in [1.165, 1.54) is 7.11 Å². The van der Waals surface area contributed by atoms with E-state index < -0.39 is 6.09 Å². The number of ether oxygens (including phenoxy) is 2. The molecule has 5 heteroatoms. The zero-order chi connectivity index (χ0) is 8.85. The van der Waals surface area contributed by atoms with Crippen molar-refractivity contribution in [2.75, 3.05) is 14.2 Å². The molecule has 0 saturated carbocycles. The van der Waals surface area contributed by atoms with Gasteiger partial charge in [-0.3, -0.25) is 0 Å². The molecule has 0 heterocycles. The molecule has 0 rings (SSSR count). The molecule has 2 atom stereocenters. The van der Waals surface area contributed by atoms with Gasteiger partial charge in [-0.25, -0.2) is 4.79 Å². The molecule has 1 N–H and O–H groups in total. The molecule has 0 aromatic heterocycles. The highest BCUT2D eigenvalue weighted by Crippen LogP contribution is 2.05. The fourth-order valence-electron chi connectivity index (χ4n) is 0.408. The van der Waals surface area contributed by atoms with Crippen molar-refractivity contribution in [2.45, 2.75) is 17.1 Å². The number of amides is 1. The van der Waals surface area contributed by atoms with E-state index >= 15 is 0 Å². The van der Waals surface area contributed by atoms with Crippen LogP contribution in [0.1, 0.15) is 6.92 Å². The molecule has 66 valence electrons. The molecule has 0 aliphatic carbocycles. The third-order valence-electron chi connectivity index (χ3n) is 1.23. The number of carbonyl (C=O) groups is 1. The Hall–Kier alpha value is -0.0400. The molecular weight excluding hydrogens is 261 g/mol. The van der Waals surface area contributed by atoms with Crippen LogP contribution in [0.5, 0.6) is 0 Å². The Labute approximate surface area is 79.8 Å². The highest BCUT2D eigenvalue weighted by atomic mass is 127. The van der Waals surface area contributed by atoms with Crippen LogP contribution in [0.4, 0.5) is 4.79 Å². The monoisotopic (exact) mass is 273 g/mol. The van der Waals surface area contributed by atoms with Gasteiger partial charge >= 0.3 is 6.09 Å². The summed E-state index contributed by atoms with van der Waals surface area (Å²) in [5.41, 5.74) is 0. The lowest BCUT2D eigenvalue weighted by Gasteiger charge is -2.16. The summed E-state index contributed by atoms with van der Waals surface area (Å²) in [6.45, 7) is 1.87. The van der Waals surface area contributed by atoms with E-state index in [2.05, 4.69) is 32.6 Å². The molecular formula is C6H12INO3. The van der Waals surface area contributed by atoms with Crippen molar-refractivity contribution in [3.63, 3.8) is 0 Å². The molecule has 11 heavy (non-hydrogen) atoms. The Balaban J connectivity index is 3.67. The van der Waals surface area contributed by atoms with Gasteiger partial charge in [0.1, 0.15) is 4.05 Å². The van der Waals surface area contributed by atoms with Crippen molar-refractivity contribution in [2.24, 2.45) is 0 Å². The van der Waals surface area contributed by atoms with E-state index in [0.29, 0.717) is 0 Å². The summed E-state index contributed by atoms with van der Waals surface area (Å²) >= 11 is 2.07. The number of nitrogens with one attached hydrogen (secondary N) is 1. The van der Waals surface area contributed by atoms with Gasteiger partial charge in [-0.05, 0) is 6.92 Å². The molecule has 0 fully saturated rings. The summed E-state index contributed by atoms with van der Waals surface area (Å²) in [5.74, 6) is 0. The van der Waals surface area contributed by atoms with E-state index in [9.17, 15) is 4.79 Å². The number of carbonyl (C=O) groups excluding carboxylic acids is 1. The van der Waals surface area contributed by atoms with Crippen LogP contribution in [0.15, 0.2) is 0 Å². The van der Waals surface area contributed by atoms with E-state index in [-0.39, 0.29) is 10.2 Å². The molecule has 0 radical (unpaired) electrons. The van der Waals surface area contributed by atoms with Crippen LogP contribution < -0.4 is 5.32 Å². The summed E-state index contributed by atoms with van der Waals surface area (Å²) in [6.07, 6.45) is -0.456. The average Bonchev–Trinajstić information content (AvgIpc) is 2.02. The van der Waals surface area contributed by atoms with Crippen molar-refractivity contribution < 1.29 is 14.3 Å². The minimum Gasteiger partial charge on any atom is -0.453 e. The zero-order valence-electron chi connectivity index (χ0n) is 6.76. The predicted octanol–water partition coefficient (Wildman–Crippen LogP) is 1.14. The average molecular weight is 273 g/mol. The maximum absolute atomic E-state index is 10.6. The number of rotatable bonds is 3. The fourth-order valence-corrected chi connectivity index (χ4v) is 0.956. The van der Waals surface area contributed by atoms with Gasteiger partial charge in [-0.15, -0.1) is 0 Å². The molecule has 0 bridgehead atoms. The van der Waals surface area contributed by atoms with E-state index in [1.807, 2.05) is 6.92 Å². The van der Waals surface area contributed by atoms with Gasteiger partial charge < -0.3 is 14.8 Å². The Morgan fingerprint density at radius 1 is 1.55 bits per heavy atom. The second kappa shape index (κ2) is 5.59. The van der Waals surface area contributed by atoms with E-state index in [4.69, 9.17) is 4.74 Å². The molecule has 1 amide bonds. The maximum Gasteiger partial charge on any atom is 0.407 e. The topological polar surface area (TPSA) is 47.6 Å². The first-order valence-corrected chi connectivity index (χ1v) is 4.37. The first kappa shape index (κ1) is 11.0. The van der Waals surface area contributed by atoms with Gasteiger partial charge in [0, 0.05) is 7.11 Å². The van der Waals surface area contributed by atoms with Crippen LogP contribution in [-0.4, -0.2) is 30.5 Å². The van der Waals surface area contributed by atoms with Gasteiger partial charge in [0.05, 0.1) is 13.2 Å². The molecule has 0 unspecified atom stereocenters. The lowest BCUT2D eigenvalue weighted by molar-refractivity contribution is 0.106. The van der Waals surface area contributed by atoms with Crippen molar-refractivity contribution in [3.05, 3.63) is 0 Å². The van der Waals surface area contributed by atoms with Gasteiger partial charge in [0.25, 0.3) is 0 Å². The molecule has 0 saturated heterocycles. The third kappa shape index (κ3) is 4.41. The molecule has 0 aromatic rings. The molecule has 4 nitrogen and oxygen atoms in total. The van der Waals surface area contributed by atoms with E-state index in [1.54, 1.807) is 7.11 Å². The van der Waals surface area contributed by atoms with Crippen molar-refractivity contribution >= 4 is 28.7 Å². The SMILES string of the molecule is COC(=O)N[C@H](I)[C@H](C)OC. The van der Waals surface area contributed by atoms with Crippen LogP contribution in [0.2, 0.25) is 0 Å². The maximum atomic E-state index is 10.6. The molecule has 0 spiro atoms. The lowest BCUT2D eigenvalue weighted by Crippen LogP contribution is -2.38. The Kier molecular flexibility index (Phi) is 5.57. The van der Waals surface area contributed by atoms with Crippen LogP contribution in [-0.2, 0) is 9.47 Å². The first-order chi connectivity index (χ1) is 5.11. The lowest BCUT2D eigenvalue weighted by atomic mass is 10.4. The first-order valence-electron chi connectivity index (χ1n) is 3.13. The Morgan fingerprint density at radius 3 is 2.45 bits per heavy atom. The van der Waals surface area contributed by atoms with Gasteiger partial charge in [-0.2, -0.15) is 0 Å². The van der Waals surface area contributed by atoms with Crippen LogP contribution >= 0.6 is 22.6 Å².